The van der Waals surface area contributed by atoms with Crippen molar-refractivity contribution >= 4 is 29.9 Å². The van der Waals surface area contributed by atoms with Crippen molar-refractivity contribution in [2.24, 2.45) is 12.0 Å². The van der Waals surface area contributed by atoms with Gasteiger partial charge < -0.3 is 19.7 Å². The van der Waals surface area contributed by atoms with Crippen LogP contribution in [0.1, 0.15) is 32.4 Å². The predicted molar refractivity (Wildman–Crippen MR) is 121 cm³/mol. The molecule has 1 unspecified atom stereocenters. The molecule has 0 bridgehead atoms. The van der Waals surface area contributed by atoms with Crippen molar-refractivity contribution in [2.75, 3.05) is 59.0 Å². The quantitative estimate of drug-likeness (QED) is 0.371. The number of ether oxygens (including phenoxy) is 2. The molecule has 8 nitrogen and oxygen atoms in total. The summed E-state index contributed by atoms with van der Waals surface area (Å²) in [5.74, 6) is 0.974. The number of hydrogen-bond donors (Lipinski definition) is 1. The highest BCUT2D eigenvalue weighted by molar-refractivity contribution is 14.0. The summed E-state index contributed by atoms with van der Waals surface area (Å²) in [5, 5.41) is 7.71. The Morgan fingerprint density at radius 1 is 1.36 bits per heavy atom. The van der Waals surface area contributed by atoms with E-state index >= 15 is 0 Å². The highest BCUT2D eigenvalue weighted by Crippen LogP contribution is 2.21. The van der Waals surface area contributed by atoms with E-state index in [1.165, 1.54) is 0 Å². The SMILES string of the molecule is CCNC(=NCCN1CCOC(C)(C)C1)N1CCOC(c2cnn(C)c2)C1.I. The van der Waals surface area contributed by atoms with Crippen LogP contribution in [-0.2, 0) is 16.5 Å². The van der Waals surface area contributed by atoms with Gasteiger partial charge in [0, 0.05) is 51.5 Å². The lowest BCUT2D eigenvalue weighted by molar-refractivity contribution is -0.0850. The van der Waals surface area contributed by atoms with Gasteiger partial charge in [-0.2, -0.15) is 5.10 Å². The largest absolute Gasteiger partial charge is 0.373 e. The summed E-state index contributed by atoms with van der Waals surface area (Å²) < 4.78 is 13.6. The molecule has 1 atom stereocenters. The number of morpholine rings is 2. The van der Waals surface area contributed by atoms with Gasteiger partial charge in [-0.1, -0.05) is 0 Å². The number of guanidine groups is 1. The number of nitrogens with zero attached hydrogens (tertiary/aromatic N) is 5. The highest BCUT2D eigenvalue weighted by atomic mass is 127. The molecule has 1 aromatic heterocycles. The zero-order valence-electron chi connectivity index (χ0n) is 17.6. The monoisotopic (exact) mass is 506 g/mol. The average Bonchev–Trinajstić information content (AvgIpc) is 3.07. The van der Waals surface area contributed by atoms with Gasteiger partial charge in [-0.25, -0.2) is 0 Å². The standard InChI is InChI=1S/C19H34N6O2.HI/c1-5-20-18(21-6-7-24-8-11-27-19(2,3)15-24)25-9-10-26-17(14-25)16-12-22-23(4)13-16;/h12-13,17H,5-11,14-15H2,1-4H3,(H,20,21);1H. The van der Waals surface area contributed by atoms with Crippen LogP contribution in [0.2, 0.25) is 0 Å². The van der Waals surface area contributed by atoms with Crippen LogP contribution in [0.3, 0.4) is 0 Å². The van der Waals surface area contributed by atoms with Crippen molar-refractivity contribution in [1.82, 2.24) is 24.9 Å². The van der Waals surface area contributed by atoms with Crippen molar-refractivity contribution in [3.8, 4) is 0 Å². The molecule has 3 rings (SSSR count). The second kappa shape index (κ2) is 10.7. The third-order valence-corrected chi connectivity index (χ3v) is 4.98. The predicted octanol–water partition coefficient (Wildman–Crippen LogP) is 1.49. The van der Waals surface area contributed by atoms with Crippen LogP contribution >= 0.6 is 24.0 Å². The van der Waals surface area contributed by atoms with Crippen LogP contribution < -0.4 is 5.32 Å². The van der Waals surface area contributed by atoms with Gasteiger partial charge in [-0.15, -0.1) is 24.0 Å². The number of aliphatic imine (C=N–C) groups is 1. The topological polar surface area (TPSA) is 67.2 Å². The molecular formula is C19H35IN6O2. The van der Waals surface area contributed by atoms with Crippen LogP contribution in [-0.4, -0.2) is 90.2 Å². The fourth-order valence-corrected chi connectivity index (χ4v) is 3.68. The number of rotatable bonds is 5. The maximum absolute atomic E-state index is 5.96. The third kappa shape index (κ3) is 6.57. The normalized spacial score (nSPS) is 23.4. The van der Waals surface area contributed by atoms with Gasteiger partial charge in [0.1, 0.15) is 6.10 Å². The first kappa shape index (κ1) is 23.4. The van der Waals surface area contributed by atoms with Gasteiger partial charge in [0.05, 0.1) is 38.1 Å². The summed E-state index contributed by atoms with van der Waals surface area (Å²) in [6, 6.07) is 0. The van der Waals surface area contributed by atoms with Crippen molar-refractivity contribution in [3.05, 3.63) is 18.0 Å². The second-order valence-corrected chi connectivity index (χ2v) is 7.87. The molecule has 0 aliphatic carbocycles. The van der Waals surface area contributed by atoms with Crippen molar-refractivity contribution in [1.29, 1.82) is 0 Å². The van der Waals surface area contributed by atoms with Crippen LogP contribution in [0.25, 0.3) is 0 Å². The maximum atomic E-state index is 5.96. The lowest BCUT2D eigenvalue weighted by Gasteiger charge is -2.38. The van der Waals surface area contributed by atoms with E-state index in [-0.39, 0.29) is 35.7 Å². The zero-order chi connectivity index (χ0) is 19.3. The minimum absolute atomic E-state index is 0. The second-order valence-electron chi connectivity index (χ2n) is 7.87. The minimum Gasteiger partial charge on any atom is -0.373 e. The molecule has 2 aliphatic rings. The molecule has 0 amide bonds. The van der Waals surface area contributed by atoms with Crippen LogP contribution in [0.15, 0.2) is 17.4 Å². The Balaban J connectivity index is 0.00000280. The Kier molecular flexibility index (Phi) is 8.97. The van der Waals surface area contributed by atoms with Gasteiger partial charge in [-0.3, -0.25) is 14.6 Å². The van der Waals surface area contributed by atoms with Gasteiger partial charge in [0.25, 0.3) is 0 Å². The molecule has 2 saturated heterocycles. The van der Waals surface area contributed by atoms with Gasteiger partial charge in [0.15, 0.2) is 5.96 Å². The van der Waals surface area contributed by atoms with E-state index in [0.29, 0.717) is 6.61 Å². The summed E-state index contributed by atoms with van der Waals surface area (Å²) >= 11 is 0. The van der Waals surface area contributed by atoms with E-state index in [4.69, 9.17) is 14.5 Å². The minimum atomic E-state index is -0.0619. The van der Waals surface area contributed by atoms with Crippen molar-refractivity contribution < 1.29 is 9.47 Å². The van der Waals surface area contributed by atoms with E-state index in [2.05, 4.69) is 41.0 Å². The van der Waals surface area contributed by atoms with Crippen molar-refractivity contribution in [2.45, 2.75) is 32.5 Å². The van der Waals surface area contributed by atoms with Crippen LogP contribution in [0, 0.1) is 0 Å². The summed E-state index contributed by atoms with van der Waals surface area (Å²) in [6.07, 6.45) is 3.95. The molecular weight excluding hydrogens is 471 g/mol. The zero-order valence-corrected chi connectivity index (χ0v) is 19.9. The van der Waals surface area contributed by atoms with E-state index < -0.39 is 0 Å². The smallest absolute Gasteiger partial charge is 0.194 e. The van der Waals surface area contributed by atoms with Gasteiger partial charge in [-0.05, 0) is 20.8 Å². The summed E-state index contributed by atoms with van der Waals surface area (Å²) in [4.78, 5) is 9.62. The lowest BCUT2D eigenvalue weighted by Crippen LogP contribution is -2.50. The first-order chi connectivity index (χ1) is 13.0. The van der Waals surface area contributed by atoms with Crippen LogP contribution in [0.5, 0.6) is 0 Å². The molecule has 160 valence electrons. The Bertz CT molecular complexity index is 636. The average molecular weight is 506 g/mol. The first-order valence-corrected chi connectivity index (χ1v) is 9.96. The molecule has 2 fully saturated rings. The van der Waals surface area contributed by atoms with E-state index in [9.17, 15) is 0 Å². The summed E-state index contributed by atoms with van der Waals surface area (Å²) in [5.41, 5.74) is 1.06. The summed E-state index contributed by atoms with van der Waals surface area (Å²) in [7, 11) is 1.93. The van der Waals surface area contributed by atoms with Crippen molar-refractivity contribution in [3.63, 3.8) is 0 Å². The molecule has 28 heavy (non-hydrogen) atoms. The summed E-state index contributed by atoms with van der Waals surface area (Å²) in [6.45, 7) is 14.1. The molecule has 0 spiro atoms. The fourth-order valence-electron chi connectivity index (χ4n) is 3.68. The Morgan fingerprint density at radius 2 is 2.18 bits per heavy atom. The third-order valence-electron chi connectivity index (χ3n) is 4.98. The number of aromatic nitrogens is 2. The maximum Gasteiger partial charge on any atom is 0.194 e. The Morgan fingerprint density at radius 3 is 2.86 bits per heavy atom. The molecule has 2 aliphatic heterocycles. The first-order valence-electron chi connectivity index (χ1n) is 9.96. The number of hydrogen-bond acceptors (Lipinski definition) is 5. The molecule has 1 aromatic rings. The number of nitrogens with one attached hydrogen (secondary N) is 1. The van der Waals surface area contributed by atoms with E-state index in [0.717, 1.165) is 63.9 Å². The highest BCUT2D eigenvalue weighted by Gasteiger charge is 2.27. The lowest BCUT2D eigenvalue weighted by atomic mass is 10.1. The molecule has 0 radical (unpaired) electrons. The van der Waals surface area contributed by atoms with E-state index in [1.54, 1.807) is 0 Å². The van der Waals surface area contributed by atoms with Gasteiger partial charge in [0.2, 0.25) is 0 Å². The fraction of sp³-hybridized carbons (Fsp3) is 0.789. The van der Waals surface area contributed by atoms with E-state index in [1.807, 2.05) is 24.1 Å². The number of halogens is 1. The Labute approximate surface area is 185 Å². The number of aryl methyl sites for hydroxylation is 1. The molecule has 0 aromatic carbocycles. The van der Waals surface area contributed by atoms with Crippen LogP contribution in [0.4, 0.5) is 0 Å². The molecule has 3 heterocycles. The molecule has 1 N–H and O–H groups in total. The van der Waals surface area contributed by atoms with Gasteiger partial charge >= 0.3 is 0 Å². The molecule has 0 saturated carbocycles. The molecule has 9 heteroatoms. The Hall–Kier alpha value is -0.910.